The average Bonchev–Trinajstić information content (AvgIpc) is 2.73. The Kier molecular flexibility index (Phi) is 5.71. The van der Waals surface area contributed by atoms with E-state index in [-0.39, 0.29) is 21.9 Å². The quantitative estimate of drug-likeness (QED) is 0.197. The van der Waals surface area contributed by atoms with Gasteiger partial charge in [0.25, 0.3) is 5.69 Å². The van der Waals surface area contributed by atoms with Crippen LogP contribution in [0.25, 0.3) is 11.6 Å². The van der Waals surface area contributed by atoms with E-state index in [9.17, 15) is 23.8 Å². The van der Waals surface area contributed by atoms with Crippen molar-refractivity contribution in [1.82, 2.24) is 0 Å². The molecule has 0 unspecified atom stereocenters. The molecule has 0 saturated carbocycles. The average molecular weight is 406 g/mol. The summed E-state index contributed by atoms with van der Waals surface area (Å²) >= 11 is 0. The first-order valence-corrected chi connectivity index (χ1v) is 9.76. The number of allylic oxidation sites excluding steroid dienone is 1. The molecule has 0 bridgehead atoms. The van der Waals surface area contributed by atoms with E-state index < -0.39 is 15.0 Å². The fourth-order valence-electron chi connectivity index (χ4n) is 2.53. The summed E-state index contributed by atoms with van der Waals surface area (Å²) in [6, 6.07) is 21.7. The Labute approximate surface area is 167 Å². The van der Waals surface area contributed by atoms with Gasteiger partial charge in [-0.1, -0.05) is 30.3 Å². The standard InChI is InChI=1S/C21H14N2O5S/c22-15-18(17-9-11-19(12-10-17)23(24)25)13-16-5-4-6-20(14-16)28-29(26,27)21-7-2-1-3-8-21/h1-14H/b18-13-. The molecule has 0 fully saturated rings. The summed E-state index contributed by atoms with van der Waals surface area (Å²) in [7, 11) is -3.98. The Balaban J connectivity index is 1.88. The Hall–Kier alpha value is -3.96. The molecule has 0 aromatic heterocycles. The molecule has 0 atom stereocenters. The third-order valence-electron chi connectivity index (χ3n) is 3.92. The van der Waals surface area contributed by atoms with E-state index in [2.05, 4.69) is 0 Å². The molecule has 29 heavy (non-hydrogen) atoms. The lowest BCUT2D eigenvalue weighted by molar-refractivity contribution is -0.384. The van der Waals surface area contributed by atoms with Crippen molar-refractivity contribution in [3.05, 3.63) is 100 Å². The maximum atomic E-state index is 12.4. The minimum Gasteiger partial charge on any atom is -0.379 e. The van der Waals surface area contributed by atoms with Gasteiger partial charge in [-0.3, -0.25) is 10.1 Å². The van der Waals surface area contributed by atoms with Crippen LogP contribution < -0.4 is 4.18 Å². The summed E-state index contributed by atoms with van der Waals surface area (Å²) in [4.78, 5) is 10.3. The van der Waals surface area contributed by atoms with Gasteiger partial charge in [-0.15, -0.1) is 0 Å². The maximum absolute atomic E-state index is 12.4. The monoisotopic (exact) mass is 406 g/mol. The Bertz CT molecular complexity index is 1210. The summed E-state index contributed by atoms with van der Waals surface area (Å²) in [6.45, 7) is 0. The first-order chi connectivity index (χ1) is 13.9. The van der Waals surface area contributed by atoms with E-state index >= 15 is 0 Å². The van der Waals surface area contributed by atoms with E-state index in [0.717, 1.165) is 0 Å². The number of rotatable bonds is 6. The van der Waals surface area contributed by atoms with E-state index in [1.165, 1.54) is 48.5 Å². The van der Waals surface area contributed by atoms with Crippen LogP contribution in [-0.2, 0) is 10.1 Å². The molecular weight excluding hydrogens is 392 g/mol. The molecule has 0 N–H and O–H groups in total. The highest BCUT2D eigenvalue weighted by atomic mass is 32.2. The van der Waals surface area contributed by atoms with Crippen LogP contribution in [-0.4, -0.2) is 13.3 Å². The molecule has 0 spiro atoms. The van der Waals surface area contributed by atoms with Crippen molar-refractivity contribution in [1.29, 1.82) is 5.26 Å². The van der Waals surface area contributed by atoms with Gasteiger partial charge in [-0.05, 0) is 53.6 Å². The van der Waals surface area contributed by atoms with E-state index in [0.29, 0.717) is 11.1 Å². The molecule has 3 aromatic carbocycles. The summed E-state index contributed by atoms with van der Waals surface area (Å²) in [6.07, 6.45) is 1.54. The first kappa shape index (κ1) is 19.8. The Morgan fingerprint density at radius 2 is 1.69 bits per heavy atom. The van der Waals surface area contributed by atoms with E-state index in [1.807, 2.05) is 6.07 Å². The molecule has 0 aliphatic heterocycles. The van der Waals surface area contributed by atoms with Gasteiger partial charge < -0.3 is 4.18 Å². The number of hydrogen-bond donors (Lipinski definition) is 0. The third-order valence-corrected chi connectivity index (χ3v) is 5.18. The zero-order chi connectivity index (χ0) is 20.9. The van der Waals surface area contributed by atoms with Gasteiger partial charge in [0.2, 0.25) is 0 Å². The molecular formula is C21H14N2O5S. The lowest BCUT2D eigenvalue weighted by atomic mass is 10.0. The maximum Gasteiger partial charge on any atom is 0.339 e. The predicted octanol–water partition coefficient (Wildman–Crippen LogP) is 4.43. The Morgan fingerprint density at radius 3 is 2.31 bits per heavy atom. The number of hydrogen-bond acceptors (Lipinski definition) is 6. The lowest BCUT2D eigenvalue weighted by Crippen LogP contribution is -2.09. The highest BCUT2D eigenvalue weighted by molar-refractivity contribution is 7.87. The number of benzene rings is 3. The topological polar surface area (TPSA) is 110 Å². The first-order valence-electron chi connectivity index (χ1n) is 8.35. The highest BCUT2D eigenvalue weighted by Crippen LogP contribution is 2.24. The molecule has 0 radical (unpaired) electrons. The van der Waals surface area contributed by atoms with Crippen molar-refractivity contribution in [3.8, 4) is 11.8 Å². The molecule has 0 aliphatic rings. The summed E-state index contributed by atoms with van der Waals surface area (Å²) in [5.41, 5.74) is 1.23. The molecule has 0 saturated heterocycles. The van der Waals surface area contributed by atoms with Gasteiger partial charge in [0.15, 0.2) is 0 Å². The van der Waals surface area contributed by atoms with Crippen molar-refractivity contribution < 1.29 is 17.5 Å². The number of nitro groups is 1. The molecule has 0 aliphatic carbocycles. The van der Waals surface area contributed by atoms with Gasteiger partial charge in [0, 0.05) is 12.1 Å². The second kappa shape index (κ2) is 8.37. The van der Waals surface area contributed by atoms with Crippen molar-refractivity contribution in [2.24, 2.45) is 0 Å². The fraction of sp³-hybridized carbons (Fsp3) is 0. The van der Waals surface area contributed by atoms with Crippen LogP contribution in [0.2, 0.25) is 0 Å². The van der Waals surface area contributed by atoms with Crippen molar-refractivity contribution in [2.45, 2.75) is 4.90 Å². The van der Waals surface area contributed by atoms with Crippen LogP contribution in [0.4, 0.5) is 5.69 Å². The van der Waals surface area contributed by atoms with Crippen molar-refractivity contribution in [3.63, 3.8) is 0 Å². The van der Waals surface area contributed by atoms with Crippen LogP contribution in [0, 0.1) is 21.4 Å². The van der Waals surface area contributed by atoms with Crippen molar-refractivity contribution >= 4 is 27.5 Å². The summed E-state index contributed by atoms with van der Waals surface area (Å²) in [5.74, 6) is 0.101. The fourth-order valence-corrected chi connectivity index (χ4v) is 3.47. The van der Waals surface area contributed by atoms with Gasteiger partial charge in [-0.25, -0.2) is 0 Å². The van der Waals surface area contributed by atoms with Crippen LogP contribution in [0.3, 0.4) is 0 Å². The molecule has 3 aromatic rings. The number of non-ortho nitro benzene ring substituents is 1. The molecule has 0 amide bonds. The number of nitro benzene ring substituents is 1. The predicted molar refractivity (Wildman–Crippen MR) is 107 cm³/mol. The summed E-state index contributed by atoms with van der Waals surface area (Å²) < 4.78 is 29.9. The lowest BCUT2D eigenvalue weighted by Gasteiger charge is -2.07. The second-order valence-corrected chi connectivity index (χ2v) is 7.44. The zero-order valence-electron chi connectivity index (χ0n) is 14.9. The smallest absolute Gasteiger partial charge is 0.339 e. The SMILES string of the molecule is N#C/C(=C/c1cccc(OS(=O)(=O)c2ccccc2)c1)c1ccc([N+](=O)[O-])cc1. The number of nitrogens with zero attached hydrogens (tertiary/aromatic N) is 2. The molecule has 8 heteroatoms. The minimum absolute atomic E-state index is 0.0320. The number of nitriles is 1. The third kappa shape index (κ3) is 4.86. The molecule has 7 nitrogen and oxygen atoms in total. The van der Waals surface area contributed by atoms with Crippen LogP contribution in [0.5, 0.6) is 5.75 Å². The molecule has 3 rings (SSSR count). The van der Waals surface area contributed by atoms with Crippen LogP contribution >= 0.6 is 0 Å². The highest BCUT2D eigenvalue weighted by Gasteiger charge is 2.16. The van der Waals surface area contributed by atoms with Crippen LogP contribution in [0.15, 0.2) is 83.8 Å². The molecule has 0 heterocycles. The largest absolute Gasteiger partial charge is 0.379 e. The summed E-state index contributed by atoms with van der Waals surface area (Å²) in [5, 5.41) is 20.2. The van der Waals surface area contributed by atoms with Gasteiger partial charge in [-0.2, -0.15) is 13.7 Å². The van der Waals surface area contributed by atoms with Gasteiger partial charge >= 0.3 is 10.1 Å². The Morgan fingerprint density at radius 1 is 1.00 bits per heavy atom. The second-order valence-electron chi connectivity index (χ2n) is 5.90. The van der Waals surface area contributed by atoms with Crippen molar-refractivity contribution in [2.75, 3.05) is 0 Å². The minimum atomic E-state index is -3.98. The molecule has 144 valence electrons. The normalized spacial score (nSPS) is 11.5. The van der Waals surface area contributed by atoms with Crippen LogP contribution in [0.1, 0.15) is 11.1 Å². The van der Waals surface area contributed by atoms with E-state index in [1.54, 1.807) is 36.4 Å². The van der Waals surface area contributed by atoms with Gasteiger partial charge in [0.05, 0.1) is 16.6 Å². The zero-order valence-corrected chi connectivity index (χ0v) is 15.7. The van der Waals surface area contributed by atoms with Gasteiger partial charge in [0.1, 0.15) is 10.6 Å². The van der Waals surface area contributed by atoms with E-state index in [4.69, 9.17) is 4.18 Å².